The third-order valence-corrected chi connectivity index (χ3v) is 6.24. The van der Waals surface area contributed by atoms with Crippen LogP contribution in [0, 0.1) is 6.92 Å². The fourth-order valence-corrected chi connectivity index (χ4v) is 4.96. The highest BCUT2D eigenvalue weighted by Gasteiger charge is 2.28. The van der Waals surface area contributed by atoms with Crippen molar-refractivity contribution in [3.63, 3.8) is 0 Å². The zero-order chi connectivity index (χ0) is 18.7. The molecule has 0 atom stereocenters. The van der Waals surface area contributed by atoms with Crippen molar-refractivity contribution in [2.75, 3.05) is 18.5 Å². The number of ether oxygens (including phenoxy) is 2. The number of amides is 1. The van der Waals surface area contributed by atoms with Crippen molar-refractivity contribution < 1.29 is 23.9 Å². The first-order valence-electron chi connectivity index (χ1n) is 8.34. The summed E-state index contributed by atoms with van der Waals surface area (Å²) in [6, 6.07) is 1.82. The van der Waals surface area contributed by atoms with Crippen LogP contribution >= 0.6 is 22.7 Å². The second-order valence-electron chi connectivity index (χ2n) is 5.84. The average molecular weight is 393 g/mol. The van der Waals surface area contributed by atoms with Gasteiger partial charge in [-0.25, -0.2) is 9.59 Å². The highest BCUT2D eigenvalue weighted by molar-refractivity contribution is 7.17. The summed E-state index contributed by atoms with van der Waals surface area (Å²) in [7, 11) is 0. The van der Waals surface area contributed by atoms with E-state index in [4.69, 9.17) is 9.47 Å². The molecule has 0 radical (unpaired) electrons. The number of esters is 2. The van der Waals surface area contributed by atoms with E-state index < -0.39 is 24.5 Å². The number of carbonyl (C=O) groups excluding carboxylic acids is 3. The molecule has 1 amide bonds. The summed E-state index contributed by atoms with van der Waals surface area (Å²) < 4.78 is 10.2. The third kappa shape index (κ3) is 3.81. The van der Waals surface area contributed by atoms with E-state index in [-0.39, 0.29) is 6.61 Å². The highest BCUT2D eigenvalue weighted by atomic mass is 32.1. The monoisotopic (exact) mass is 393 g/mol. The lowest BCUT2D eigenvalue weighted by molar-refractivity contribution is -0.119. The molecule has 0 bridgehead atoms. The molecule has 2 aromatic rings. The second-order valence-corrected chi connectivity index (χ2v) is 7.86. The second kappa shape index (κ2) is 8.01. The average Bonchev–Trinajstić information content (AvgIpc) is 3.28. The zero-order valence-electron chi connectivity index (χ0n) is 14.5. The maximum absolute atomic E-state index is 12.3. The Hall–Kier alpha value is -2.19. The molecule has 2 aromatic heterocycles. The van der Waals surface area contributed by atoms with E-state index in [0.717, 1.165) is 35.3 Å². The van der Waals surface area contributed by atoms with Gasteiger partial charge in [0, 0.05) is 4.88 Å². The fourth-order valence-electron chi connectivity index (χ4n) is 2.85. The van der Waals surface area contributed by atoms with Crippen molar-refractivity contribution in [1.29, 1.82) is 0 Å². The third-order valence-electron chi connectivity index (χ3n) is 4.04. The predicted molar refractivity (Wildman–Crippen MR) is 100 cm³/mol. The summed E-state index contributed by atoms with van der Waals surface area (Å²) in [5, 5.41) is 4.97. The predicted octanol–water partition coefficient (Wildman–Crippen LogP) is 3.58. The van der Waals surface area contributed by atoms with Gasteiger partial charge in [-0.3, -0.25) is 4.79 Å². The molecule has 1 aliphatic carbocycles. The molecule has 138 valence electrons. The van der Waals surface area contributed by atoms with Crippen LogP contribution in [-0.4, -0.2) is 31.1 Å². The van der Waals surface area contributed by atoms with Crippen LogP contribution < -0.4 is 5.32 Å². The number of nitrogens with one attached hydrogen (secondary N) is 1. The number of hydrogen-bond acceptors (Lipinski definition) is 7. The van der Waals surface area contributed by atoms with E-state index in [0.29, 0.717) is 15.4 Å². The topological polar surface area (TPSA) is 81.7 Å². The van der Waals surface area contributed by atoms with Gasteiger partial charge in [-0.15, -0.1) is 22.7 Å². The SMILES string of the molecule is CCOC(=O)c1c(NC(=O)COC(=O)c2sccc2C)sc2c1CCC2. The van der Waals surface area contributed by atoms with E-state index in [9.17, 15) is 14.4 Å². The molecule has 0 saturated heterocycles. The van der Waals surface area contributed by atoms with Crippen LogP contribution in [0.25, 0.3) is 0 Å². The summed E-state index contributed by atoms with van der Waals surface area (Å²) in [5.74, 6) is -1.42. The lowest BCUT2D eigenvalue weighted by Gasteiger charge is -2.08. The van der Waals surface area contributed by atoms with Crippen molar-refractivity contribution in [2.24, 2.45) is 0 Å². The van der Waals surface area contributed by atoms with Gasteiger partial charge in [0.2, 0.25) is 0 Å². The van der Waals surface area contributed by atoms with Crippen molar-refractivity contribution >= 4 is 45.5 Å². The van der Waals surface area contributed by atoms with E-state index in [1.54, 1.807) is 12.3 Å². The Kier molecular flexibility index (Phi) is 5.73. The van der Waals surface area contributed by atoms with Gasteiger partial charge in [-0.2, -0.15) is 0 Å². The number of fused-ring (bicyclic) bond motifs is 1. The largest absolute Gasteiger partial charge is 0.462 e. The van der Waals surface area contributed by atoms with Crippen LogP contribution in [0.2, 0.25) is 0 Å². The Morgan fingerprint density at radius 1 is 1.19 bits per heavy atom. The van der Waals surface area contributed by atoms with Crippen molar-refractivity contribution in [3.8, 4) is 0 Å². The van der Waals surface area contributed by atoms with Crippen LogP contribution in [0.5, 0.6) is 0 Å². The van der Waals surface area contributed by atoms with E-state index in [2.05, 4.69) is 5.32 Å². The quantitative estimate of drug-likeness (QED) is 0.759. The molecule has 6 nitrogen and oxygen atoms in total. The molecule has 0 aromatic carbocycles. The molecule has 3 rings (SSSR count). The van der Waals surface area contributed by atoms with Crippen molar-refractivity contribution in [3.05, 3.63) is 37.9 Å². The number of anilines is 1. The van der Waals surface area contributed by atoms with Crippen molar-refractivity contribution in [1.82, 2.24) is 0 Å². The highest BCUT2D eigenvalue weighted by Crippen LogP contribution is 2.39. The first-order chi connectivity index (χ1) is 12.5. The van der Waals surface area contributed by atoms with Gasteiger partial charge in [0.25, 0.3) is 5.91 Å². The lowest BCUT2D eigenvalue weighted by Crippen LogP contribution is -2.21. The fraction of sp³-hybridized carbons (Fsp3) is 0.389. The van der Waals surface area contributed by atoms with Crippen LogP contribution in [0.1, 0.15) is 49.4 Å². The Morgan fingerprint density at radius 2 is 2.00 bits per heavy atom. The molecule has 0 unspecified atom stereocenters. The smallest absolute Gasteiger partial charge is 0.349 e. The van der Waals surface area contributed by atoms with Gasteiger partial charge in [-0.1, -0.05) is 0 Å². The molecular formula is C18H19NO5S2. The standard InChI is InChI=1S/C18H19NO5S2/c1-3-23-17(21)14-11-5-4-6-12(11)26-16(14)19-13(20)9-24-18(22)15-10(2)7-8-25-15/h7-8H,3-6,9H2,1-2H3,(H,19,20). The first kappa shape index (κ1) is 18.6. The molecule has 1 N–H and O–H groups in total. The molecule has 1 aliphatic rings. The summed E-state index contributed by atoms with van der Waals surface area (Å²) in [6.07, 6.45) is 2.71. The minimum absolute atomic E-state index is 0.272. The number of aryl methyl sites for hydroxylation is 2. The molecule has 2 heterocycles. The van der Waals surface area contributed by atoms with Gasteiger partial charge in [0.05, 0.1) is 12.2 Å². The minimum Gasteiger partial charge on any atom is -0.462 e. The van der Waals surface area contributed by atoms with Crippen LogP contribution in [0.3, 0.4) is 0 Å². The molecule has 26 heavy (non-hydrogen) atoms. The first-order valence-corrected chi connectivity index (χ1v) is 10.0. The summed E-state index contributed by atoms with van der Waals surface area (Å²) in [5.41, 5.74) is 2.23. The maximum Gasteiger partial charge on any atom is 0.349 e. The summed E-state index contributed by atoms with van der Waals surface area (Å²) >= 11 is 2.67. The number of carbonyl (C=O) groups is 3. The van der Waals surface area contributed by atoms with E-state index >= 15 is 0 Å². The summed E-state index contributed by atoms with van der Waals surface area (Å²) in [4.78, 5) is 38.1. The van der Waals surface area contributed by atoms with Crippen LogP contribution in [-0.2, 0) is 27.1 Å². The van der Waals surface area contributed by atoms with Crippen LogP contribution in [0.15, 0.2) is 11.4 Å². The zero-order valence-corrected chi connectivity index (χ0v) is 16.2. The molecule has 0 fully saturated rings. The van der Waals surface area contributed by atoms with Crippen molar-refractivity contribution in [2.45, 2.75) is 33.1 Å². The van der Waals surface area contributed by atoms with Gasteiger partial charge >= 0.3 is 11.9 Å². The number of hydrogen-bond donors (Lipinski definition) is 1. The van der Waals surface area contributed by atoms with Gasteiger partial charge in [-0.05, 0) is 55.7 Å². The Morgan fingerprint density at radius 3 is 2.69 bits per heavy atom. The van der Waals surface area contributed by atoms with E-state index in [1.807, 2.05) is 13.0 Å². The van der Waals surface area contributed by atoms with Gasteiger partial charge in [0.15, 0.2) is 6.61 Å². The maximum atomic E-state index is 12.3. The van der Waals surface area contributed by atoms with Gasteiger partial charge < -0.3 is 14.8 Å². The molecule has 8 heteroatoms. The minimum atomic E-state index is -0.521. The molecule has 0 saturated carbocycles. The normalized spacial score (nSPS) is 12.5. The number of rotatable bonds is 6. The Bertz CT molecular complexity index is 852. The molecular weight excluding hydrogens is 374 g/mol. The van der Waals surface area contributed by atoms with Crippen LogP contribution in [0.4, 0.5) is 5.00 Å². The Labute approximate surface area is 159 Å². The van der Waals surface area contributed by atoms with Gasteiger partial charge in [0.1, 0.15) is 9.88 Å². The summed E-state index contributed by atoms with van der Waals surface area (Å²) in [6.45, 7) is 3.43. The Balaban J connectivity index is 1.67. The lowest BCUT2D eigenvalue weighted by atomic mass is 10.1. The molecule has 0 aliphatic heterocycles. The number of thiophene rings is 2. The molecule has 0 spiro atoms. The van der Waals surface area contributed by atoms with E-state index in [1.165, 1.54) is 22.7 Å².